The van der Waals surface area contributed by atoms with Crippen molar-refractivity contribution < 1.29 is 9.53 Å². The molecule has 0 saturated carbocycles. The van der Waals surface area contributed by atoms with E-state index in [1.807, 2.05) is 36.1 Å². The molecule has 0 spiro atoms. The van der Waals surface area contributed by atoms with E-state index >= 15 is 0 Å². The number of ether oxygens (including phenoxy) is 1. The molecule has 0 unspecified atom stereocenters. The van der Waals surface area contributed by atoms with Crippen molar-refractivity contribution in [2.45, 2.75) is 26.3 Å². The van der Waals surface area contributed by atoms with Gasteiger partial charge in [-0.15, -0.1) is 0 Å². The van der Waals surface area contributed by atoms with Crippen LogP contribution in [0, 0.1) is 0 Å². The van der Waals surface area contributed by atoms with Crippen molar-refractivity contribution in [3.05, 3.63) is 42.5 Å². The first-order chi connectivity index (χ1) is 12.2. The lowest BCUT2D eigenvalue weighted by Crippen LogP contribution is -2.44. The van der Waals surface area contributed by atoms with E-state index in [9.17, 15) is 4.79 Å². The number of hydrogen-bond donors (Lipinski definition) is 2. The van der Waals surface area contributed by atoms with E-state index < -0.39 is 0 Å². The van der Waals surface area contributed by atoms with Crippen molar-refractivity contribution in [3.63, 3.8) is 0 Å². The molecular formula is C19H28N4O2. The number of amides is 1. The Labute approximate surface area is 150 Å². The minimum Gasteiger partial charge on any atom is -0.489 e. The van der Waals surface area contributed by atoms with Crippen LogP contribution in [0.3, 0.4) is 0 Å². The maximum Gasteiger partial charge on any atom is 0.241 e. The molecule has 1 heterocycles. The molecule has 2 rings (SSSR count). The molecule has 1 saturated heterocycles. The third kappa shape index (κ3) is 6.14. The largest absolute Gasteiger partial charge is 0.489 e. The number of nitrogens with zero attached hydrogens (tertiary/aromatic N) is 2. The molecular weight excluding hydrogens is 316 g/mol. The molecule has 0 aliphatic carbocycles. The predicted molar refractivity (Wildman–Crippen MR) is 101 cm³/mol. The number of likely N-dealkylation sites (tertiary alicyclic amines) is 1. The molecule has 6 heteroatoms. The van der Waals surface area contributed by atoms with E-state index in [-0.39, 0.29) is 12.5 Å². The van der Waals surface area contributed by atoms with E-state index in [2.05, 4.69) is 22.2 Å². The summed E-state index contributed by atoms with van der Waals surface area (Å²) in [7, 11) is 0. The van der Waals surface area contributed by atoms with Crippen LogP contribution in [0.2, 0.25) is 0 Å². The van der Waals surface area contributed by atoms with Gasteiger partial charge < -0.3 is 20.3 Å². The summed E-state index contributed by atoms with van der Waals surface area (Å²) in [4.78, 5) is 18.6. The molecule has 2 N–H and O–H groups in total. The number of aliphatic imine (C=N–C) groups is 1. The summed E-state index contributed by atoms with van der Waals surface area (Å²) in [5.74, 6) is 1.56. The Bertz CT molecular complexity index is 595. The smallest absolute Gasteiger partial charge is 0.241 e. The molecule has 0 aromatic heterocycles. The van der Waals surface area contributed by atoms with Crippen molar-refractivity contribution in [3.8, 4) is 5.75 Å². The van der Waals surface area contributed by atoms with Gasteiger partial charge in [0.05, 0.1) is 13.1 Å². The molecule has 25 heavy (non-hydrogen) atoms. The van der Waals surface area contributed by atoms with Crippen LogP contribution >= 0.6 is 0 Å². The second kappa shape index (κ2) is 10.4. The topological polar surface area (TPSA) is 66.0 Å². The monoisotopic (exact) mass is 344 g/mol. The first-order valence-corrected chi connectivity index (χ1v) is 8.86. The molecule has 136 valence electrons. The lowest BCUT2D eigenvalue weighted by molar-refractivity contribution is -0.128. The molecule has 0 radical (unpaired) electrons. The maximum atomic E-state index is 12.2. The zero-order valence-corrected chi connectivity index (χ0v) is 15.0. The Morgan fingerprint density at radius 2 is 2.08 bits per heavy atom. The highest BCUT2D eigenvalue weighted by atomic mass is 16.5. The summed E-state index contributed by atoms with van der Waals surface area (Å²) in [5.41, 5.74) is 0.993. The van der Waals surface area contributed by atoms with Gasteiger partial charge >= 0.3 is 0 Å². The minimum atomic E-state index is 0.123. The van der Waals surface area contributed by atoms with Crippen LogP contribution in [0.5, 0.6) is 5.75 Å². The van der Waals surface area contributed by atoms with Crippen LogP contribution in [-0.4, -0.2) is 49.6 Å². The average molecular weight is 344 g/mol. The number of carbonyl (C=O) groups excluding carboxylic acids is 1. The van der Waals surface area contributed by atoms with Gasteiger partial charge in [0, 0.05) is 25.2 Å². The molecule has 1 aliphatic heterocycles. The Hall–Kier alpha value is -2.50. The SMILES string of the molecule is C=CCOc1ccccc1CN=C(NCC)NCC(=O)N1CCCC1. The van der Waals surface area contributed by atoms with Crippen molar-refractivity contribution in [2.75, 3.05) is 32.8 Å². The molecule has 0 atom stereocenters. The zero-order chi connectivity index (χ0) is 17.9. The van der Waals surface area contributed by atoms with Gasteiger partial charge in [-0.2, -0.15) is 0 Å². The summed E-state index contributed by atoms with van der Waals surface area (Å²) in [5, 5.41) is 6.29. The van der Waals surface area contributed by atoms with Crippen molar-refractivity contribution in [1.29, 1.82) is 0 Å². The summed E-state index contributed by atoms with van der Waals surface area (Å²) in [6.45, 7) is 9.33. The van der Waals surface area contributed by atoms with Gasteiger partial charge in [-0.05, 0) is 25.8 Å². The normalized spacial score (nSPS) is 14.3. The number of benzene rings is 1. The first-order valence-electron chi connectivity index (χ1n) is 8.86. The average Bonchev–Trinajstić information content (AvgIpc) is 3.17. The van der Waals surface area contributed by atoms with Crippen LogP contribution in [0.1, 0.15) is 25.3 Å². The van der Waals surface area contributed by atoms with Crippen LogP contribution < -0.4 is 15.4 Å². The van der Waals surface area contributed by atoms with E-state index in [4.69, 9.17) is 4.74 Å². The van der Waals surface area contributed by atoms with E-state index in [0.717, 1.165) is 43.8 Å². The van der Waals surface area contributed by atoms with Gasteiger partial charge in [0.25, 0.3) is 0 Å². The third-order valence-electron chi connectivity index (χ3n) is 3.95. The molecule has 6 nitrogen and oxygen atoms in total. The van der Waals surface area contributed by atoms with Crippen molar-refractivity contribution in [2.24, 2.45) is 4.99 Å². The van der Waals surface area contributed by atoms with Gasteiger partial charge in [-0.1, -0.05) is 30.9 Å². The number of carbonyl (C=O) groups is 1. The highest BCUT2D eigenvalue weighted by Crippen LogP contribution is 2.18. The highest BCUT2D eigenvalue weighted by Gasteiger charge is 2.17. The Morgan fingerprint density at radius 3 is 2.80 bits per heavy atom. The first kappa shape index (κ1) is 18.8. The predicted octanol–water partition coefficient (Wildman–Crippen LogP) is 1.93. The second-order valence-electron chi connectivity index (χ2n) is 5.84. The lowest BCUT2D eigenvalue weighted by Gasteiger charge is -2.17. The van der Waals surface area contributed by atoms with Gasteiger partial charge in [-0.25, -0.2) is 4.99 Å². The van der Waals surface area contributed by atoms with E-state index in [1.165, 1.54) is 0 Å². The van der Waals surface area contributed by atoms with Crippen LogP contribution in [0.4, 0.5) is 0 Å². The molecule has 1 fully saturated rings. The quantitative estimate of drug-likeness (QED) is 0.430. The molecule has 1 aliphatic rings. The van der Waals surface area contributed by atoms with Crippen molar-refractivity contribution >= 4 is 11.9 Å². The molecule has 1 aromatic rings. The second-order valence-corrected chi connectivity index (χ2v) is 5.84. The summed E-state index contributed by atoms with van der Waals surface area (Å²) >= 11 is 0. The third-order valence-corrected chi connectivity index (χ3v) is 3.95. The molecule has 1 amide bonds. The fraction of sp³-hybridized carbons (Fsp3) is 0.474. The standard InChI is InChI=1S/C19H28N4O2/c1-3-13-25-17-10-6-5-9-16(17)14-21-19(20-4-2)22-15-18(24)23-11-7-8-12-23/h3,5-6,9-10H,1,4,7-8,11-15H2,2H3,(H2,20,21,22). The number of nitrogens with one attached hydrogen (secondary N) is 2. The number of guanidine groups is 1. The summed E-state index contributed by atoms with van der Waals surface area (Å²) < 4.78 is 5.66. The number of hydrogen-bond acceptors (Lipinski definition) is 3. The Kier molecular flexibility index (Phi) is 7.82. The molecule has 1 aromatic carbocycles. The van der Waals surface area contributed by atoms with Gasteiger partial charge in [0.15, 0.2) is 5.96 Å². The molecule has 0 bridgehead atoms. The van der Waals surface area contributed by atoms with E-state index in [1.54, 1.807) is 6.08 Å². The minimum absolute atomic E-state index is 0.123. The number of para-hydroxylation sites is 1. The maximum absolute atomic E-state index is 12.2. The number of rotatable bonds is 8. The van der Waals surface area contributed by atoms with Crippen LogP contribution in [-0.2, 0) is 11.3 Å². The zero-order valence-electron chi connectivity index (χ0n) is 15.0. The Balaban J connectivity index is 1.94. The lowest BCUT2D eigenvalue weighted by atomic mass is 10.2. The summed E-state index contributed by atoms with van der Waals surface area (Å²) in [6, 6.07) is 7.80. The van der Waals surface area contributed by atoms with E-state index in [0.29, 0.717) is 19.1 Å². The fourth-order valence-corrected chi connectivity index (χ4v) is 2.67. The van der Waals surface area contributed by atoms with Crippen LogP contribution in [0.15, 0.2) is 41.9 Å². The highest BCUT2D eigenvalue weighted by molar-refractivity contribution is 5.86. The van der Waals surface area contributed by atoms with Gasteiger partial charge in [-0.3, -0.25) is 4.79 Å². The fourth-order valence-electron chi connectivity index (χ4n) is 2.67. The van der Waals surface area contributed by atoms with Gasteiger partial charge in [0.2, 0.25) is 5.91 Å². The van der Waals surface area contributed by atoms with Gasteiger partial charge in [0.1, 0.15) is 12.4 Å². The Morgan fingerprint density at radius 1 is 1.32 bits per heavy atom. The van der Waals surface area contributed by atoms with Crippen LogP contribution in [0.25, 0.3) is 0 Å². The van der Waals surface area contributed by atoms with Crippen molar-refractivity contribution in [1.82, 2.24) is 15.5 Å². The summed E-state index contributed by atoms with van der Waals surface area (Å²) in [6.07, 6.45) is 3.92.